The molecule has 1 aliphatic carbocycles. The van der Waals surface area contributed by atoms with Gasteiger partial charge in [-0.1, -0.05) is 17.7 Å². The number of fused-ring (bicyclic) bond motifs is 1. The summed E-state index contributed by atoms with van der Waals surface area (Å²) in [6.07, 6.45) is 3.51. The second kappa shape index (κ2) is 6.95. The standard InChI is InChI=1S/C20H22N4O2S/c1-14-2-5-19(6-3-14)27(25,26)24-13-17-8-16(17)9-18(24)12-23-20-7-4-15(10-21)11-22-20/h2-7,11,16-18H,8-9,12-13H2,1H3,(H,22,23). The SMILES string of the molecule is Cc1ccc(S(=O)(=O)N2CC3CC3CC2CNc2ccc(C#N)cn2)cc1. The maximum atomic E-state index is 13.2. The number of anilines is 1. The third kappa shape index (κ3) is 3.68. The van der Waals surface area contributed by atoms with E-state index < -0.39 is 10.0 Å². The monoisotopic (exact) mass is 382 g/mol. The minimum absolute atomic E-state index is 0.0995. The lowest BCUT2D eigenvalue weighted by Gasteiger charge is -2.34. The zero-order chi connectivity index (χ0) is 19.0. The number of piperidine rings is 1. The molecule has 2 aromatic rings. The average Bonchev–Trinajstić information content (AvgIpc) is 3.45. The predicted molar refractivity (Wildman–Crippen MR) is 103 cm³/mol. The molecular weight excluding hydrogens is 360 g/mol. The Kier molecular flexibility index (Phi) is 4.62. The molecular formula is C20H22N4O2S. The van der Waals surface area contributed by atoms with E-state index in [1.807, 2.05) is 25.1 Å². The molecule has 2 fully saturated rings. The van der Waals surface area contributed by atoms with E-state index in [-0.39, 0.29) is 6.04 Å². The Morgan fingerprint density at radius 1 is 1.19 bits per heavy atom. The van der Waals surface area contributed by atoms with Crippen LogP contribution in [0.1, 0.15) is 24.0 Å². The summed E-state index contributed by atoms with van der Waals surface area (Å²) in [4.78, 5) is 4.57. The molecule has 0 spiro atoms. The number of rotatable bonds is 5. The first-order valence-corrected chi connectivity index (χ1v) is 10.6. The summed E-state index contributed by atoms with van der Waals surface area (Å²) in [7, 11) is -3.52. The summed E-state index contributed by atoms with van der Waals surface area (Å²) in [5.41, 5.74) is 1.54. The van der Waals surface area contributed by atoms with Gasteiger partial charge in [0.25, 0.3) is 0 Å². The van der Waals surface area contributed by atoms with Gasteiger partial charge in [0.15, 0.2) is 0 Å². The first kappa shape index (κ1) is 18.0. The lowest BCUT2D eigenvalue weighted by molar-refractivity contribution is 0.251. The van der Waals surface area contributed by atoms with Crippen LogP contribution in [0.4, 0.5) is 5.82 Å². The molecule has 7 heteroatoms. The highest BCUT2D eigenvalue weighted by molar-refractivity contribution is 7.89. The highest BCUT2D eigenvalue weighted by Crippen LogP contribution is 2.48. The van der Waals surface area contributed by atoms with Crippen molar-refractivity contribution in [2.24, 2.45) is 11.8 Å². The van der Waals surface area contributed by atoms with Crippen molar-refractivity contribution in [1.82, 2.24) is 9.29 Å². The van der Waals surface area contributed by atoms with Gasteiger partial charge in [-0.05, 0) is 55.9 Å². The number of hydrogen-bond acceptors (Lipinski definition) is 5. The maximum absolute atomic E-state index is 13.2. The van der Waals surface area contributed by atoms with Gasteiger partial charge in [0, 0.05) is 25.3 Å². The van der Waals surface area contributed by atoms with E-state index in [1.54, 1.807) is 28.6 Å². The third-order valence-electron chi connectivity index (χ3n) is 5.50. The quantitative estimate of drug-likeness (QED) is 0.859. The topological polar surface area (TPSA) is 86.1 Å². The van der Waals surface area contributed by atoms with Crippen LogP contribution in [0.2, 0.25) is 0 Å². The summed E-state index contributed by atoms with van der Waals surface area (Å²) >= 11 is 0. The van der Waals surface area contributed by atoms with Crippen molar-refractivity contribution in [1.29, 1.82) is 5.26 Å². The van der Waals surface area contributed by atoms with Gasteiger partial charge in [-0.2, -0.15) is 9.57 Å². The minimum Gasteiger partial charge on any atom is -0.368 e. The van der Waals surface area contributed by atoms with E-state index in [1.165, 1.54) is 6.20 Å². The molecule has 3 unspecified atom stereocenters. The zero-order valence-electron chi connectivity index (χ0n) is 15.2. The van der Waals surface area contributed by atoms with E-state index in [0.717, 1.165) is 18.4 Å². The van der Waals surface area contributed by atoms with Crippen LogP contribution in [0, 0.1) is 30.1 Å². The van der Waals surface area contributed by atoms with E-state index >= 15 is 0 Å². The summed E-state index contributed by atoms with van der Waals surface area (Å²) in [6, 6.07) is 12.5. The Balaban J connectivity index is 1.52. The molecule has 2 aliphatic rings. The molecule has 0 amide bonds. The molecule has 4 rings (SSSR count). The van der Waals surface area contributed by atoms with Crippen molar-refractivity contribution >= 4 is 15.8 Å². The molecule has 0 radical (unpaired) electrons. The second-order valence-corrected chi connectivity index (χ2v) is 9.35. The Hall–Kier alpha value is -2.43. The molecule has 1 aromatic carbocycles. The minimum atomic E-state index is -3.52. The van der Waals surface area contributed by atoms with Crippen molar-refractivity contribution in [3.8, 4) is 6.07 Å². The number of aryl methyl sites for hydroxylation is 1. The normalized spacial score (nSPS) is 24.7. The number of hydrogen-bond donors (Lipinski definition) is 1. The van der Waals surface area contributed by atoms with E-state index in [4.69, 9.17) is 5.26 Å². The zero-order valence-corrected chi connectivity index (χ0v) is 16.0. The molecule has 27 heavy (non-hydrogen) atoms. The molecule has 1 N–H and O–H groups in total. The number of pyridine rings is 1. The van der Waals surface area contributed by atoms with Crippen LogP contribution in [0.25, 0.3) is 0 Å². The molecule has 1 aromatic heterocycles. The average molecular weight is 382 g/mol. The van der Waals surface area contributed by atoms with Crippen molar-refractivity contribution in [3.63, 3.8) is 0 Å². The molecule has 0 bridgehead atoms. The van der Waals surface area contributed by atoms with Crippen LogP contribution in [-0.2, 0) is 10.0 Å². The van der Waals surface area contributed by atoms with E-state index in [0.29, 0.717) is 41.2 Å². The summed E-state index contributed by atoms with van der Waals surface area (Å²) in [6.45, 7) is 3.05. The summed E-state index contributed by atoms with van der Waals surface area (Å²) in [5.74, 6) is 1.78. The number of benzene rings is 1. The van der Waals surface area contributed by atoms with Crippen molar-refractivity contribution in [2.45, 2.75) is 30.7 Å². The number of nitriles is 1. The number of nitrogens with zero attached hydrogens (tertiary/aromatic N) is 3. The van der Waals surface area contributed by atoms with E-state index in [9.17, 15) is 8.42 Å². The third-order valence-corrected chi connectivity index (χ3v) is 7.44. The van der Waals surface area contributed by atoms with Gasteiger partial charge in [0.1, 0.15) is 11.9 Å². The van der Waals surface area contributed by atoms with Crippen LogP contribution in [0.3, 0.4) is 0 Å². The van der Waals surface area contributed by atoms with Gasteiger partial charge in [-0.15, -0.1) is 0 Å². The highest BCUT2D eigenvalue weighted by Gasteiger charge is 2.49. The molecule has 1 saturated carbocycles. The fraction of sp³-hybridized carbons (Fsp3) is 0.400. The van der Waals surface area contributed by atoms with Crippen LogP contribution in [-0.4, -0.2) is 36.8 Å². The smallest absolute Gasteiger partial charge is 0.243 e. The fourth-order valence-electron chi connectivity index (χ4n) is 3.78. The first-order valence-electron chi connectivity index (χ1n) is 9.16. The Morgan fingerprint density at radius 2 is 1.96 bits per heavy atom. The molecule has 6 nitrogen and oxygen atoms in total. The fourth-order valence-corrected chi connectivity index (χ4v) is 5.47. The van der Waals surface area contributed by atoms with Gasteiger partial charge in [-0.25, -0.2) is 13.4 Å². The molecule has 1 saturated heterocycles. The number of nitrogens with one attached hydrogen (secondary N) is 1. The first-order chi connectivity index (χ1) is 13.0. The van der Waals surface area contributed by atoms with Crippen molar-refractivity contribution in [2.75, 3.05) is 18.4 Å². The van der Waals surface area contributed by atoms with Crippen molar-refractivity contribution in [3.05, 3.63) is 53.7 Å². The van der Waals surface area contributed by atoms with Crippen LogP contribution < -0.4 is 5.32 Å². The van der Waals surface area contributed by atoms with Crippen LogP contribution in [0.5, 0.6) is 0 Å². The largest absolute Gasteiger partial charge is 0.368 e. The van der Waals surface area contributed by atoms with Gasteiger partial charge < -0.3 is 5.32 Å². The highest BCUT2D eigenvalue weighted by atomic mass is 32.2. The van der Waals surface area contributed by atoms with Gasteiger partial charge in [0.2, 0.25) is 10.0 Å². The van der Waals surface area contributed by atoms with Crippen LogP contribution >= 0.6 is 0 Å². The Morgan fingerprint density at radius 3 is 2.63 bits per heavy atom. The van der Waals surface area contributed by atoms with Gasteiger partial charge in [-0.3, -0.25) is 0 Å². The molecule has 3 atom stereocenters. The Labute approximate surface area is 159 Å². The molecule has 2 heterocycles. The second-order valence-electron chi connectivity index (χ2n) is 7.46. The van der Waals surface area contributed by atoms with Crippen molar-refractivity contribution < 1.29 is 8.42 Å². The van der Waals surface area contributed by atoms with Gasteiger partial charge >= 0.3 is 0 Å². The maximum Gasteiger partial charge on any atom is 0.243 e. The lowest BCUT2D eigenvalue weighted by atomic mass is 10.0. The van der Waals surface area contributed by atoms with E-state index in [2.05, 4.69) is 10.3 Å². The molecule has 1 aliphatic heterocycles. The molecule has 140 valence electrons. The van der Waals surface area contributed by atoms with Crippen LogP contribution in [0.15, 0.2) is 47.5 Å². The summed E-state index contributed by atoms with van der Waals surface area (Å²) in [5, 5.41) is 12.1. The number of aromatic nitrogens is 1. The number of sulfonamides is 1. The summed E-state index contributed by atoms with van der Waals surface area (Å²) < 4.78 is 28.1. The van der Waals surface area contributed by atoms with Gasteiger partial charge in [0.05, 0.1) is 10.5 Å². The predicted octanol–water partition coefficient (Wildman–Crippen LogP) is 2.77. The lowest BCUT2D eigenvalue weighted by Crippen LogP contribution is -2.47. The Bertz CT molecular complexity index is 965.